The number of carbonyl (C=O) groups excluding carboxylic acids is 2. The van der Waals surface area contributed by atoms with Gasteiger partial charge in [0.05, 0.1) is 20.3 Å². The molecule has 8 nitrogen and oxygen atoms in total. The zero-order valence-corrected chi connectivity index (χ0v) is 16.4. The molecule has 0 spiro atoms. The molecule has 0 aromatic heterocycles. The lowest BCUT2D eigenvalue weighted by atomic mass is 10.2. The highest BCUT2D eigenvalue weighted by Crippen LogP contribution is 2.24. The van der Waals surface area contributed by atoms with Gasteiger partial charge in [0.1, 0.15) is 17.1 Å². The van der Waals surface area contributed by atoms with Crippen LogP contribution in [0.3, 0.4) is 0 Å². The summed E-state index contributed by atoms with van der Waals surface area (Å²) in [6.07, 6.45) is -1.05. The second-order valence-electron chi connectivity index (χ2n) is 6.57. The number of aromatic hydroxyl groups is 1. The molecular formula is C21H24N2O6. The van der Waals surface area contributed by atoms with Crippen molar-refractivity contribution >= 4 is 23.3 Å². The van der Waals surface area contributed by atoms with Gasteiger partial charge in [-0.05, 0) is 49.4 Å². The van der Waals surface area contributed by atoms with E-state index >= 15 is 0 Å². The van der Waals surface area contributed by atoms with Crippen LogP contribution in [-0.2, 0) is 14.3 Å². The molecule has 0 saturated carbocycles. The zero-order chi connectivity index (χ0) is 20.8. The van der Waals surface area contributed by atoms with Gasteiger partial charge in [0.2, 0.25) is 0 Å². The van der Waals surface area contributed by atoms with E-state index in [-0.39, 0.29) is 11.3 Å². The van der Waals surface area contributed by atoms with Crippen molar-refractivity contribution in [2.75, 3.05) is 43.6 Å². The first-order chi connectivity index (χ1) is 14.0. The molecule has 1 aliphatic rings. The highest BCUT2D eigenvalue weighted by molar-refractivity contribution is 5.98. The predicted molar refractivity (Wildman–Crippen MR) is 108 cm³/mol. The molecule has 2 N–H and O–H groups in total. The number of phenols is 1. The molecule has 1 amide bonds. The van der Waals surface area contributed by atoms with Crippen molar-refractivity contribution < 1.29 is 28.9 Å². The molecule has 8 heteroatoms. The van der Waals surface area contributed by atoms with Crippen molar-refractivity contribution in [2.24, 2.45) is 0 Å². The molecule has 0 bridgehead atoms. The van der Waals surface area contributed by atoms with Crippen LogP contribution in [0, 0.1) is 0 Å². The number of esters is 1. The number of methoxy groups -OCH3 is 1. The van der Waals surface area contributed by atoms with Gasteiger partial charge in [0.25, 0.3) is 5.91 Å². The third-order valence-corrected chi connectivity index (χ3v) is 4.59. The Hall–Kier alpha value is -3.26. The quantitative estimate of drug-likeness (QED) is 0.719. The van der Waals surface area contributed by atoms with Gasteiger partial charge in [-0.1, -0.05) is 0 Å². The smallest absolute Gasteiger partial charge is 0.342 e. The summed E-state index contributed by atoms with van der Waals surface area (Å²) in [5, 5.41) is 12.6. The summed E-state index contributed by atoms with van der Waals surface area (Å²) < 4.78 is 15.6. The fourth-order valence-corrected chi connectivity index (χ4v) is 2.90. The van der Waals surface area contributed by atoms with E-state index in [0.717, 1.165) is 18.8 Å². The minimum atomic E-state index is -1.05. The number of hydrogen-bond donors (Lipinski definition) is 2. The van der Waals surface area contributed by atoms with Gasteiger partial charge in [-0.2, -0.15) is 0 Å². The number of morpholine rings is 1. The Morgan fingerprint density at radius 3 is 2.48 bits per heavy atom. The van der Waals surface area contributed by atoms with E-state index in [4.69, 9.17) is 14.2 Å². The summed E-state index contributed by atoms with van der Waals surface area (Å²) in [5.74, 6) is -1.14. The van der Waals surface area contributed by atoms with Crippen molar-refractivity contribution in [3.63, 3.8) is 0 Å². The van der Waals surface area contributed by atoms with Crippen LogP contribution in [0.25, 0.3) is 0 Å². The number of amides is 1. The molecule has 1 fully saturated rings. The lowest BCUT2D eigenvalue weighted by molar-refractivity contribution is -0.123. The molecule has 1 saturated heterocycles. The lowest BCUT2D eigenvalue weighted by Crippen LogP contribution is -2.36. The number of hydrogen-bond acceptors (Lipinski definition) is 7. The second kappa shape index (κ2) is 9.29. The van der Waals surface area contributed by atoms with Crippen molar-refractivity contribution in [3.8, 4) is 11.5 Å². The van der Waals surface area contributed by atoms with E-state index in [1.54, 1.807) is 12.1 Å². The number of nitrogens with one attached hydrogen (secondary N) is 1. The van der Waals surface area contributed by atoms with Crippen LogP contribution in [0.15, 0.2) is 42.5 Å². The molecular weight excluding hydrogens is 376 g/mol. The fraction of sp³-hybridized carbons (Fsp3) is 0.333. The molecule has 0 aliphatic carbocycles. The third kappa shape index (κ3) is 5.17. The number of rotatable bonds is 6. The molecule has 29 heavy (non-hydrogen) atoms. The van der Waals surface area contributed by atoms with Crippen LogP contribution in [0.5, 0.6) is 11.5 Å². The second-order valence-corrected chi connectivity index (χ2v) is 6.57. The minimum Gasteiger partial charge on any atom is -0.507 e. The highest BCUT2D eigenvalue weighted by Gasteiger charge is 2.22. The van der Waals surface area contributed by atoms with E-state index in [9.17, 15) is 14.7 Å². The maximum atomic E-state index is 12.4. The number of benzene rings is 2. The zero-order valence-electron chi connectivity index (χ0n) is 16.4. The molecule has 2 aromatic carbocycles. The van der Waals surface area contributed by atoms with Crippen LogP contribution in [0.4, 0.5) is 11.4 Å². The number of ether oxygens (including phenoxy) is 3. The summed E-state index contributed by atoms with van der Waals surface area (Å²) in [6.45, 7) is 4.52. The Balaban J connectivity index is 1.58. The van der Waals surface area contributed by atoms with Gasteiger partial charge in [-0.3, -0.25) is 4.79 Å². The van der Waals surface area contributed by atoms with E-state index in [1.807, 2.05) is 12.1 Å². The van der Waals surface area contributed by atoms with Crippen molar-refractivity contribution in [2.45, 2.75) is 13.0 Å². The Labute approximate surface area is 169 Å². The van der Waals surface area contributed by atoms with Gasteiger partial charge < -0.3 is 29.5 Å². The van der Waals surface area contributed by atoms with E-state index in [0.29, 0.717) is 24.7 Å². The molecule has 1 aliphatic heterocycles. The maximum Gasteiger partial charge on any atom is 0.342 e. The first-order valence-corrected chi connectivity index (χ1v) is 9.29. The van der Waals surface area contributed by atoms with E-state index in [2.05, 4.69) is 10.2 Å². The number of phenolic OH excluding ortho intramolecular Hbond substituents is 1. The van der Waals surface area contributed by atoms with E-state index in [1.165, 1.54) is 32.2 Å². The molecule has 0 radical (unpaired) electrons. The Morgan fingerprint density at radius 2 is 1.83 bits per heavy atom. The highest BCUT2D eigenvalue weighted by atomic mass is 16.5. The van der Waals surface area contributed by atoms with Gasteiger partial charge in [0.15, 0.2) is 6.10 Å². The van der Waals surface area contributed by atoms with Crippen LogP contribution >= 0.6 is 0 Å². The largest absolute Gasteiger partial charge is 0.507 e. The number of nitrogens with zero attached hydrogens (tertiary/aromatic N) is 1. The SMILES string of the molecule is COc1ccc(O)c(C(=O)OC(C)C(=O)Nc2ccc(N3CCOCC3)cc2)c1. The topological polar surface area (TPSA) is 97.3 Å². The summed E-state index contributed by atoms with van der Waals surface area (Å²) in [6, 6.07) is 11.6. The minimum absolute atomic E-state index is 0.0705. The van der Waals surface area contributed by atoms with Gasteiger partial charge in [-0.25, -0.2) is 4.79 Å². The van der Waals surface area contributed by atoms with E-state index < -0.39 is 18.0 Å². The predicted octanol–water partition coefficient (Wildman–Crippen LogP) is 2.42. The molecule has 1 heterocycles. The van der Waals surface area contributed by atoms with Gasteiger partial charge in [-0.15, -0.1) is 0 Å². The first kappa shape index (κ1) is 20.5. The van der Waals surface area contributed by atoms with Crippen molar-refractivity contribution in [3.05, 3.63) is 48.0 Å². The van der Waals surface area contributed by atoms with Gasteiger partial charge >= 0.3 is 5.97 Å². The maximum absolute atomic E-state index is 12.4. The average molecular weight is 400 g/mol. The molecule has 1 atom stereocenters. The monoisotopic (exact) mass is 400 g/mol. The standard InChI is InChI=1S/C21H24N2O6/c1-14(29-21(26)18-13-17(27-2)7-8-19(18)24)20(25)22-15-3-5-16(6-4-15)23-9-11-28-12-10-23/h3-8,13-14,24H,9-12H2,1-2H3,(H,22,25). The van der Waals surface area contributed by atoms with Gasteiger partial charge in [0, 0.05) is 24.5 Å². The number of carbonyl (C=O) groups is 2. The Kier molecular flexibility index (Phi) is 6.56. The third-order valence-electron chi connectivity index (χ3n) is 4.59. The summed E-state index contributed by atoms with van der Waals surface area (Å²) in [5.41, 5.74) is 1.58. The van der Waals surface area contributed by atoms with Crippen molar-refractivity contribution in [1.82, 2.24) is 0 Å². The molecule has 2 aromatic rings. The molecule has 3 rings (SSSR count). The summed E-state index contributed by atoms with van der Waals surface area (Å²) in [7, 11) is 1.45. The van der Waals surface area contributed by atoms with Crippen LogP contribution < -0.4 is 15.0 Å². The Morgan fingerprint density at radius 1 is 1.14 bits per heavy atom. The molecule has 1 unspecified atom stereocenters. The number of anilines is 2. The lowest BCUT2D eigenvalue weighted by Gasteiger charge is -2.28. The normalized spacial score (nSPS) is 14.8. The van der Waals surface area contributed by atoms with Crippen LogP contribution in [0.2, 0.25) is 0 Å². The Bertz CT molecular complexity index is 862. The summed E-state index contributed by atoms with van der Waals surface area (Å²) in [4.78, 5) is 26.9. The summed E-state index contributed by atoms with van der Waals surface area (Å²) >= 11 is 0. The van der Waals surface area contributed by atoms with Crippen LogP contribution in [-0.4, -0.2) is 56.5 Å². The fourth-order valence-electron chi connectivity index (χ4n) is 2.90. The first-order valence-electron chi connectivity index (χ1n) is 9.29. The average Bonchev–Trinajstić information content (AvgIpc) is 2.75. The van der Waals surface area contributed by atoms with Crippen molar-refractivity contribution in [1.29, 1.82) is 0 Å². The van der Waals surface area contributed by atoms with Crippen LogP contribution in [0.1, 0.15) is 17.3 Å². The molecule has 154 valence electrons.